The number of aliphatic imine (C=N–C) groups is 1. The minimum atomic E-state index is -0.335. The number of amides is 1. The Kier molecular flexibility index (Phi) is 9.34. The highest BCUT2D eigenvalue weighted by atomic mass is 16.5. The predicted molar refractivity (Wildman–Crippen MR) is 104 cm³/mol. The molecule has 0 aromatic heterocycles. The first kappa shape index (κ1) is 22.2. The summed E-state index contributed by atoms with van der Waals surface area (Å²) in [6.45, 7) is 9.01. The van der Waals surface area contributed by atoms with Gasteiger partial charge in [-0.25, -0.2) is 0 Å². The van der Waals surface area contributed by atoms with Gasteiger partial charge in [-0.15, -0.1) is 0 Å². The summed E-state index contributed by atoms with van der Waals surface area (Å²) in [4.78, 5) is 34.4. The van der Waals surface area contributed by atoms with Crippen LogP contribution in [0.3, 0.4) is 0 Å². The average Bonchev–Trinajstić information content (AvgIpc) is 2.60. The van der Waals surface area contributed by atoms with Crippen molar-refractivity contribution in [2.45, 2.75) is 51.7 Å². The molecule has 26 heavy (non-hydrogen) atoms. The third-order valence-corrected chi connectivity index (χ3v) is 4.59. The molecule has 0 saturated carbocycles. The van der Waals surface area contributed by atoms with Crippen molar-refractivity contribution in [1.29, 1.82) is 0 Å². The third-order valence-electron chi connectivity index (χ3n) is 4.59. The first-order chi connectivity index (χ1) is 12.3. The zero-order valence-electron chi connectivity index (χ0n) is 16.9. The van der Waals surface area contributed by atoms with E-state index in [1.807, 2.05) is 18.7 Å². The van der Waals surface area contributed by atoms with Crippen molar-refractivity contribution in [3.8, 4) is 0 Å². The molecule has 1 heterocycles. The predicted octanol–water partition coefficient (Wildman–Crippen LogP) is 1.74. The van der Waals surface area contributed by atoms with Crippen molar-refractivity contribution in [2.75, 3.05) is 40.8 Å². The molecule has 0 radical (unpaired) electrons. The quantitative estimate of drug-likeness (QED) is 0.372. The molecule has 1 rings (SSSR count). The molecular formula is C19H34N4O3. The molecule has 1 aliphatic rings. The lowest BCUT2D eigenvalue weighted by Crippen LogP contribution is -2.44. The van der Waals surface area contributed by atoms with Gasteiger partial charge in [-0.3, -0.25) is 14.6 Å². The molecule has 148 valence electrons. The van der Waals surface area contributed by atoms with E-state index in [0.29, 0.717) is 24.7 Å². The Labute approximate surface area is 157 Å². The zero-order chi connectivity index (χ0) is 19.7. The lowest BCUT2D eigenvalue weighted by Gasteiger charge is -2.35. The smallest absolute Gasteiger partial charge is 0.326 e. The molecule has 1 amide bonds. The summed E-state index contributed by atoms with van der Waals surface area (Å²) in [5.74, 6) is 0.465. The fourth-order valence-electron chi connectivity index (χ4n) is 3.09. The maximum Gasteiger partial charge on any atom is 0.326 e. The number of nitrogens with zero attached hydrogens (tertiary/aromatic N) is 4. The monoisotopic (exact) mass is 366 g/mol. The molecule has 7 nitrogen and oxygen atoms in total. The summed E-state index contributed by atoms with van der Waals surface area (Å²) < 4.78 is 5.16. The highest BCUT2D eigenvalue weighted by molar-refractivity contribution is 5.90. The summed E-state index contributed by atoms with van der Waals surface area (Å²) in [6.07, 6.45) is 4.26. The zero-order valence-corrected chi connectivity index (χ0v) is 16.9. The van der Waals surface area contributed by atoms with E-state index >= 15 is 0 Å². The summed E-state index contributed by atoms with van der Waals surface area (Å²) in [5, 5.41) is 0. The number of carbonyl (C=O) groups is 2. The normalized spacial score (nSPS) is 16.1. The number of amidine groups is 1. The Hall–Kier alpha value is -1.89. The highest BCUT2D eigenvalue weighted by Gasteiger charge is 2.24. The first-order valence-corrected chi connectivity index (χ1v) is 9.27. The number of hydrogen-bond donors (Lipinski definition) is 0. The van der Waals surface area contributed by atoms with Crippen LogP contribution in [0.4, 0.5) is 0 Å². The van der Waals surface area contributed by atoms with Crippen LogP contribution in [-0.2, 0) is 14.3 Å². The van der Waals surface area contributed by atoms with Gasteiger partial charge in [-0.1, -0.05) is 6.58 Å². The van der Waals surface area contributed by atoms with E-state index in [4.69, 9.17) is 4.74 Å². The van der Waals surface area contributed by atoms with Gasteiger partial charge in [0, 0.05) is 39.0 Å². The fourth-order valence-corrected chi connectivity index (χ4v) is 3.09. The minimum Gasteiger partial charge on any atom is -0.462 e. The number of esters is 1. The van der Waals surface area contributed by atoms with E-state index in [9.17, 15) is 9.59 Å². The molecule has 0 aromatic carbocycles. The van der Waals surface area contributed by atoms with E-state index in [2.05, 4.69) is 30.6 Å². The van der Waals surface area contributed by atoms with E-state index < -0.39 is 0 Å². The Morgan fingerprint density at radius 1 is 1.27 bits per heavy atom. The van der Waals surface area contributed by atoms with E-state index in [1.165, 1.54) is 0 Å². The molecule has 1 fully saturated rings. The topological polar surface area (TPSA) is 65.5 Å². The maximum absolute atomic E-state index is 12.5. The van der Waals surface area contributed by atoms with Gasteiger partial charge < -0.3 is 19.4 Å². The van der Waals surface area contributed by atoms with E-state index in [0.717, 1.165) is 25.9 Å². The molecule has 0 bridgehead atoms. The number of rotatable bonds is 8. The van der Waals surface area contributed by atoms with Gasteiger partial charge in [0.25, 0.3) is 0 Å². The fraction of sp³-hybridized carbons (Fsp3) is 0.737. The molecule has 0 aliphatic carbocycles. The largest absolute Gasteiger partial charge is 0.462 e. The summed E-state index contributed by atoms with van der Waals surface area (Å²) >= 11 is 0. The SMILES string of the molecule is C=CN(CC(=O)OC(C)C)/C(CCC(=O)N1CCC(N(C)C)CC1)=N\C. The number of piperidine rings is 1. The van der Waals surface area contributed by atoms with Crippen LogP contribution >= 0.6 is 0 Å². The van der Waals surface area contributed by atoms with Crippen LogP contribution in [-0.4, -0.2) is 85.3 Å². The second-order valence-corrected chi connectivity index (χ2v) is 7.06. The van der Waals surface area contributed by atoms with Crippen molar-refractivity contribution < 1.29 is 14.3 Å². The Balaban J connectivity index is 2.50. The molecule has 0 atom stereocenters. The third kappa shape index (κ3) is 7.15. The second kappa shape index (κ2) is 11.0. The van der Waals surface area contributed by atoms with Gasteiger partial charge >= 0.3 is 5.97 Å². The molecule has 7 heteroatoms. The van der Waals surface area contributed by atoms with E-state index in [-0.39, 0.29) is 24.5 Å². The van der Waals surface area contributed by atoms with Crippen LogP contribution in [0, 0.1) is 0 Å². The van der Waals surface area contributed by atoms with Crippen molar-refractivity contribution in [3.63, 3.8) is 0 Å². The van der Waals surface area contributed by atoms with Crippen LogP contribution in [0.15, 0.2) is 17.8 Å². The van der Waals surface area contributed by atoms with E-state index in [1.54, 1.807) is 18.1 Å². The number of hydrogen-bond acceptors (Lipinski definition) is 5. The molecule has 0 N–H and O–H groups in total. The van der Waals surface area contributed by atoms with Gasteiger partial charge in [0.05, 0.1) is 6.10 Å². The van der Waals surface area contributed by atoms with Gasteiger partial charge in [-0.05, 0) is 47.0 Å². The van der Waals surface area contributed by atoms with Crippen LogP contribution in [0.5, 0.6) is 0 Å². The first-order valence-electron chi connectivity index (χ1n) is 9.27. The van der Waals surface area contributed by atoms with Gasteiger partial charge in [-0.2, -0.15) is 0 Å². The molecule has 1 saturated heterocycles. The Morgan fingerprint density at radius 2 is 1.88 bits per heavy atom. The van der Waals surface area contributed by atoms with Crippen LogP contribution in [0.2, 0.25) is 0 Å². The Bertz CT molecular complexity index is 509. The lowest BCUT2D eigenvalue weighted by atomic mass is 10.0. The van der Waals surface area contributed by atoms with Crippen molar-refractivity contribution >= 4 is 17.7 Å². The molecule has 1 aliphatic heterocycles. The van der Waals surface area contributed by atoms with Crippen molar-refractivity contribution in [1.82, 2.24) is 14.7 Å². The number of carbonyl (C=O) groups excluding carboxylic acids is 2. The van der Waals surface area contributed by atoms with Crippen molar-refractivity contribution in [3.05, 3.63) is 12.8 Å². The second-order valence-electron chi connectivity index (χ2n) is 7.06. The summed E-state index contributed by atoms with van der Waals surface area (Å²) in [6, 6.07) is 0.551. The summed E-state index contributed by atoms with van der Waals surface area (Å²) in [7, 11) is 5.83. The highest BCUT2D eigenvalue weighted by Crippen LogP contribution is 2.15. The van der Waals surface area contributed by atoms with Crippen molar-refractivity contribution in [2.24, 2.45) is 4.99 Å². The Morgan fingerprint density at radius 3 is 2.35 bits per heavy atom. The standard InChI is InChI=1S/C19H34N4O3/c1-7-22(14-19(25)26-15(2)3)17(20-4)8-9-18(24)23-12-10-16(11-13-23)21(5)6/h7,15-16H,1,8-14H2,2-6H3/b20-17-. The minimum absolute atomic E-state index is 0.0524. The van der Waals surface area contributed by atoms with Crippen LogP contribution in [0.1, 0.15) is 39.5 Å². The molecular weight excluding hydrogens is 332 g/mol. The molecule has 0 unspecified atom stereocenters. The molecule has 0 aromatic rings. The van der Waals surface area contributed by atoms with Gasteiger partial charge in [0.2, 0.25) is 5.91 Å². The summed E-state index contributed by atoms with van der Waals surface area (Å²) in [5.41, 5.74) is 0. The van der Waals surface area contributed by atoms with Crippen LogP contribution < -0.4 is 0 Å². The molecule has 0 spiro atoms. The number of ether oxygens (including phenoxy) is 1. The average molecular weight is 367 g/mol. The van der Waals surface area contributed by atoms with Gasteiger partial charge in [0.15, 0.2) is 0 Å². The maximum atomic E-state index is 12.5. The lowest BCUT2D eigenvalue weighted by molar-refractivity contribution is -0.147. The number of likely N-dealkylation sites (tertiary alicyclic amines) is 1. The van der Waals surface area contributed by atoms with Gasteiger partial charge in [0.1, 0.15) is 12.4 Å². The van der Waals surface area contributed by atoms with Crippen LogP contribution in [0.25, 0.3) is 0 Å².